The number of methoxy groups -OCH3 is 1. The fourth-order valence-electron chi connectivity index (χ4n) is 3.31. The van der Waals surface area contributed by atoms with Gasteiger partial charge in [-0.2, -0.15) is 0 Å². The van der Waals surface area contributed by atoms with Gasteiger partial charge < -0.3 is 15.0 Å². The molecule has 0 aromatic heterocycles. The number of halogens is 1. The molecule has 1 amide bonds. The number of rotatable bonds is 7. The van der Waals surface area contributed by atoms with Crippen LogP contribution in [0.2, 0.25) is 0 Å². The Labute approximate surface area is 159 Å². The highest BCUT2D eigenvalue weighted by atomic mass is 19.1. The van der Waals surface area contributed by atoms with E-state index in [1.165, 1.54) is 12.1 Å². The van der Waals surface area contributed by atoms with Crippen LogP contribution in [0, 0.1) is 5.82 Å². The summed E-state index contributed by atoms with van der Waals surface area (Å²) in [5.74, 6) is 0.583. The highest BCUT2D eigenvalue weighted by Crippen LogP contribution is 2.28. The number of para-hydroxylation sites is 2. The Kier molecular flexibility index (Phi) is 6.65. The SMILES string of the molecule is COc1ccccc1N1CCN(CCNC(=O)Cc2ccc(F)cc2)CC1. The number of amides is 1. The fraction of sp³-hybridized carbons (Fsp3) is 0.381. The molecule has 0 spiro atoms. The van der Waals surface area contributed by atoms with Gasteiger partial charge >= 0.3 is 0 Å². The first-order valence-corrected chi connectivity index (χ1v) is 9.27. The average molecular weight is 371 g/mol. The molecule has 0 atom stereocenters. The standard InChI is InChI=1S/C21H26FN3O2/c1-27-20-5-3-2-4-19(20)25-14-12-24(13-15-25)11-10-23-21(26)16-17-6-8-18(22)9-7-17/h2-9H,10-16H2,1H3,(H,23,26). The monoisotopic (exact) mass is 371 g/mol. The fourth-order valence-corrected chi connectivity index (χ4v) is 3.31. The lowest BCUT2D eigenvalue weighted by Crippen LogP contribution is -2.48. The summed E-state index contributed by atoms with van der Waals surface area (Å²) >= 11 is 0. The maximum atomic E-state index is 12.9. The van der Waals surface area contributed by atoms with Crippen LogP contribution in [0.15, 0.2) is 48.5 Å². The number of hydrogen-bond donors (Lipinski definition) is 1. The van der Waals surface area contributed by atoms with Gasteiger partial charge in [-0.25, -0.2) is 4.39 Å². The van der Waals surface area contributed by atoms with Crippen molar-refractivity contribution in [1.29, 1.82) is 0 Å². The predicted molar refractivity (Wildman–Crippen MR) is 105 cm³/mol. The third-order valence-corrected chi connectivity index (χ3v) is 4.83. The summed E-state index contributed by atoms with van der Waals surface area (Å²) in [4.78, 5) is 16.7. The van der Waals surface area contributed by atoms with E-state index in [1.54, 1.807) is 19.2 Å². The zero-order chi connectivity index (χ0) is 19.1. The van der Waals surface area contributed by atoms with Gasteiger partial charge in [0.25, 0.3) is 0 Å². The Hall–Kier alpha value is -2.60. The number of piperazine rings is 1. The van der Waals surface area contributed by atoms with Crippen molar-refractivity contribution in [2.75, 3.05) is 51.3 Å². The van der Waals surface area contributed by atoms with E-state index in [9.17, 15) is 9.18 Å². The van der Waals surface area contributed by atoms with Crippen LogP contribution in [-0.4, -0.2) is 57.2 Å². The van der Waals surface area contributed by atoms with Crippen molar-refractivity contribution in [3.8, 4) is 5.75 Å². The zero-order valence-electron chi connectivity index (χ0n) is 15.7. The van der Waals surface area contributed by atoms with Crippen LogP contribution >= 0.6 is 0 Å². The van der Waals surface area contributed by atoms with Crippen molar-refractivity contribution >= 4 is 11.6 Å². The van der Waals surface area contributed by atoms with Crippen LogP contribution < -0.4 is 15.0 Å². The van der Waals surface area contributed by atoms with Gasteiger partial charge in [0, 0.05) is 39.3 Å². The molecule has 6 heteroatoms. The molecule has 2 aromatic carbocycles. The molecular formula is C21H26FN3O2. The number of ether oxygens (including phenoxy) is 1. The van der Waals surface area contributed by atoms with Gasteiger partial charge in [0.05, 0.1) is 19.2 Å². The molecule has 1 N–H and O–H groups in total. The molecule has 0 unspecified atom stereocenters. The Balaban J connectivity index is 1.38. The third kappa shape index (κ3) is 5.44. The predicted octanol–water partition coefficient (Wildman–Crippen LogP) is 2.32. The van der Waals surface area contributed by atoms with E-state index in [0.29, 0.717) is 6.54 Å². The summed E-state index contributed by atoms with van der Waals surface area (Å²) in [5.41, 5.74) is 1.95. The van der Waals surface area contributed by atoms with Crippen LogP contribution in [0.5, 0.6) is 5.75 Å². The molecule has 1 saturated heterocycles. The van der Waals surface area contributed by atoms with Crippen LogP contribution in [0.25, 0.3) is 0 Å². The summed E-state index contributed by atoms with van der Waals surface area (Å²) in [6.07, 6.45) is 0.280. The van der Waals surface area contributed by atoms with Crippen molar-refractivity contribution in [2.24, 2.45) is 0 Å². The van der Waals surface area contributed by atoms with Gasteiger partial charge in [-0.3, -0.25) is 9.69 Å². The summed E-state index contributed by atoms with van der Waals surface area (Å²) in [7, 11) is 1.70. The Morgan fingerprint density at radius 2 is 1.78 bits per heavy atom. The van der Waals surface area contributed by atoms with Gasteiger partial charge in [0.2, 0.25) is 5.91 Å². The smallest absolute Gasteiger partial charge is 0.224 e. The molecule has 2 aromatic rings. The van der Waals surface area contributed by atoms with Crippen LogP contribution in [0.3, 0.4) is 0 Å². The molecule has 3 rings (SSSR count). The van der Waals surface area contributed by atoms with Gasteiger partial charge in [-0.1, -0.05) is 24.3 Å². The van der Waals surface area contributed by atoms with Gasteiger partial charge in [0.1, 0.15) is 11.6 Å². The van der Waals surface area contributed by atoms with E-state index in [4.69, 9.17) is 4.74 Å². The molecular weight excluding hydrogens is 345 g/mol. The lowest BCUT2D eigenvalue weighted by atomic mass is 10.1. The number of carbonyl (C=O) groups excluding carboxylic acids is 1. The van der Waals surface area contributed by atoms with E-state index in [0.717, 1.165) is 49.7 Å². The van der Waals surface area contributed by atoms with Gasteiger partial charge in [-0.15, -0.1) is 0 Å². The summed E-state index contributed by atoms with van der Waals surface area (Å²) in [5, 5.41) is 2.95. The number of nitrogens with zero attached hydrogens (tertiary/aromatic N) is 2. The first-order valence-electron chi connectivity index (χ1n) is 9.27. The lowest BCUT2D eigenvalue weighted by molar-refractivity contribution is -0.120. The van der Waals surface area contributed by atoms with E-state index in [1.807, 2.05) is 18.2 Å². The normalized spacial score (nSPS) is 14.8. The minimum absolute atomic E-state index is 0.0331. The average Bonchev–Trinajstić information content (AvgIpc) is 2.70. The van der Waals surface area contributed by atoms with E-state index >= 15 is 0 Å². The van der Waals surface area contributed by atoms with Crippen molar-refractivity contribution in [3.63, 3.8) is 0 Å². The molecule has 0 radical (unpaired) electrons. The highest BCUT2D eigenvalue weighted by Gasteiger charge is 2.19. The molecule has 1 heterocycles. The number of hydrogen-bond acceptors (Lipinski definition) is 4. The Bertz CT molecular complexity index is 743. The van der Waals surface area contributed by atoms with Crippen LogP contribution in [0.4, 0.5) is 10.1 Å². The second kappa shape index (κ2) is 9.37. The minimum atomic E-state index is -0.286. The summed E-state index contributed by atoms with van der Waals surface area (Å²) in [6.45, 7) is 5.22. The summed E-state index contributed by atoms with van der Waals surface area (Å²) < 4.78 is 18.3. The van der Waals surface area contributed by atoms with Crippen molar-refractivity contribution in [1.82, 2.24) is 10.2 Å². The minimum Gasteiger partial charge on any atom is -0.495 e. The van der Waals surface area contributed by atoms with Crippen molar-refractivity contribution in [2.45, 2.75) is 6.42 Å². The largest absolute Gasteiger partial charge is 0.495 e. The zero-order valence-corrected chi connectivity index (χ0v) is 15.7. The quantitative estimate of drug-likeness (QED) is 0.811. The summed E-state index contributed by atoms with van der Waals surface area (Å²) in [6, 6.07) is 14.1. The maximum absolute atomic E-state index is 12.9. The number of anilines is 1. The third-order valence-electron chi connectivity index (χ3n) is 4.83. The molecule has 0 bridgehead atoms. The molecule has 0 aliphatic carbocycles. The molecule has 1 fully saturated rings. The molecule has 144 valence electrons. The first kappa shape index (κ1) is 19.2. The molecule has 27 heavy (non-hydrogen) atoms. The van der Waals surface area contributed by atoms with Crippen molar-refractivity contribution in [3.05, 3.63) is 59.9 Å². The topological polar surface area (TPSA) is 44.8 Å². The maximum Gasteiger partial charge on any atom is 0.224 e. The second-order valence-corrected chi connectivity index (χ2v) is 6.65. The Morgan fingerprint density at radius 3 is 2.48 bits per heavy atom. The van der Waals surface area contributed by atoms with Gasteiger partial charge in [0.15, 0.2) is 0 Å². The second-order valence-electron chi connectivity index (χ2n) is 6.65. The number of benzene rings is 2. The Morgan fingerprint density at radius 1 is 1.07 bits per heavy atom. The molecule has 1 aliphatic rings. The highest BCUT2D eigenvalue weighted by molar-refractivity contribution is 5.78. The van der Waals surface area contributed by atoms with E-state index in [-0.39, 0.29) is 18.1 Å². The number of nitrogens with one attached hydrogen (secondary N) is 1. The van der Waals surface area contributed by atoms with Crippen LogP contribution in [0.1, 0.15) is 5.56 Å². The van der Waals surface area contributed by atoms with E-state index < -0.39 is 0 Å². The van der Waals surface area contributed by atoms with Crippen LogP contribution in [-0.2, 0) is 11.2 Å². The number of carbonyl (C=O) groups is 1. The lowest BCUT2D eigenvalue weighted by Gasteiger charge is -2.36. The van der Waals surface area contributed by atoms with Crippen molar-refractivity contribution < 1.29 is 13.9 Å². The van der Waals surface area contributed by atoms with Gasteiger partial charge in [-0.05, 0) is 29.8 Å². The molecule has 0 saturated carbocycles. The van der Waals surface area contributed by atoms with E-state index in [2.05, 4.69) is 21.2 Å². The molecule has 5 nitrogen and oxygen atoms in total. The first-order chi connectivity index (χ1) is 13.2. The molecule has 1 aliphatic heterocycles.